The van der Waals surface area contributed by atoms with E-state index in [-0.39, 0.29) is 0 Å². The van der Waals surface area contributed by atoms with E-state index in [0.717, 1.165) is 5.56 Å². The van der Waals surface area contributed by atoms with Crippen molar-refractivity contribution in [2.24, 2.45) is 0 Å². The van der Waals surface area contributed by atoms with E-state index in [1.54, 1.807) is 24.3 Å². The maximum Gasteiger partial charge on any atom is 0.279 e. The first-order valence-electron chi connectivity index (χ1n) is 4.45. The number of nitrogens with one attached hydrogen (secondary N) is 1. The second kappa shape index (κ2) is 4.61. The number of nitrogens with two attached hydrogens (primary N) is 1. The van der Waals surface area contributed by atoms with Gasteiger partial charge in [-0.15, -0.1) is 0 Å². The Morgan fingerprint density at radius 2 is 1.87 bits per heavy atom. The first kappa shape index (κ1) is 12.0. The van der Waals surface area contributed by atoms with Crippen molar-refractivity contribution < 1.29 is 8.42 Å². The zero-order chi connectivity index (χ0) is 11.5. The number of nitrogen functional groups attached to an aromatic ring is 1. The highest BCUT2D eigenvalue weighted by Gasteiger charge is 2.14. The highest BCUT2D eigenvalue weighted by atomic mass is 32.2. The molecule has 0 bridgehead atoms. The molecule has 0 aliphatic heterocycles. The third kappa shape index (κ3) is 3.19. The van der Waals surface area contributed by atoms with E-state index in [4.69, 9.17) is 5.73 Å². The summed E-state index contributed by atoms with van der Waals surface area (Å²) in [5, 5.41) is 0. The maximum absolute atomic E-state index is 11.4. The minimum atomic E-state index is -3.35. The third-order valence-corrected chi connectivity index (χ3v) is 3.52. The summed E-state index contributed by atoms with van der Waals surface area (Å²) in [5.41, 5.74) is 7.08. The smallest absolute Gasteiger partial charge is 0.279 e. The third-order valence-electron chi connectivity index (χ3n) is 2.05. The summed E-state index contributed by atoms with van der Waals surface area (Å²) in [5.74, 6) is 0. The van der Waals surface area contributed by atoms with Gasteiger partial charge in [0, 0.05) is 26.3 Å². The molecule has 5 nitrogen and oxygen atoms in total. The summed E-state index contributed by atoms with van der Waals surface area (Å²) in [6.07, 6.45) is 0. The van der Waals surface area contributed by atoms with E-state index in [1.807, 2.05) is 0 Å². The first-order chi connectivity index (χ1) is 6.95. The number of hydrogen-bond acceptors (Lipinski definition) is 3. The lowest BCUT2D eigenvalue weighted by molar-refractivity contribution is 0.459. The van der Waals surface area contributed by atoms with Crippen LogP contribution in [0.3, 0.4) is 0 Å². The molecule has 0 aromatic heterocycles. The molecule has 84 valence electrons. The van der Waals surface area contributed by atoms with Gasteiger partial charge < -0.3 is 5.73 Å². The Morgan fingerprint density at radius 3 is 2.33 bits per heavy atom. The molecular weight excluding hydrogens is 214 g/mol. The zero-order valence-corrected chi connectivity index (χ0v) is 9.58. The Balaban J connectivity index is 2.75. The van der Waals surface area contributed by atoms with Crippen LogP contribution in [0.15, 0.2) is 24.3 Å². The normalized spacial score (nSPS) is 11.9. The Morgan fingerprint density at radius 1 is 1.33 bits per heavy atom. The van der Waals surface area contributed by atoms with Crippen LogP contribution in [-0.2, 0) is 16.8 Å². The molecule has 1 rings (SSSR count). The van der Waals surface area contributed by atoms with Gasteiger partial charge in [0.2, 0.25) is 0 Å². The summed E-state index contributed by atoms with van der Waals surface area (Å²) in [6, 6.07) is 7.10. The Kier molecular flexibility index (Phi) is 3.67. The van der Waals surface area contributed by atoms with Gasteiger partial charge in [-0.1, -0.05) is 12.1 Å². The molecule has 0 unspecified atom stereocenters. The molecule has 0 heterocycles. The highest BCUT2D eigenvalue weighted by Crippen LogP contribution is 2.08. The summed E-state index contributed by atoms with van der Waals surface area (Å²) in [4.78, 5) is 0. The van der Waals surface area contributed by atoms with Crippen molar-refractivity contribution in [3.05, 3.63) is 29.8 Å². The quantitative estimate of drug-likeness (QED) is 0.722. The molecule has 0 spiro atoms. The molecular formula is C9H15N3O2S. The highest BCUT2D eigenvalue weighted by molar-refractivity contribution is 7.87. The van der Waals surface area contributed by atoms with Crippen LogP contribution in [0.4, 0.5) is 5.69 Å². The zero-order valence-electron chi connectivity index (χ0n) is 8.77. The van der Waals surface area contributed by atoms with Crippen molar-refractivity contribution >= 4 is 15.9 Å². The van der Waals surface area contributed by atoms with Gasteiger partial charge in [0.25, 0.3) is 10.2 Å². The lowest BCUT2D eigenvalue weighted by atomic mass is 10.2. The minimum Gasteiger partial charge on any atom is -0.399 e. The van der Waals surface area contributed by atoms with E-state index < -0.39 is 10.2 Å². The maximum atomic E-state index is 11.4. The van der Waals surface area contributed by atoms with E-state index in [9.17, 15) is 8.42 Å². The first-order valence-corrected chi connectivity index (χ1v) is 5.89. The van der Waals surface area contributed by atoms with E-state index in [2.05, 4.69) is 4.72 Å². The summed E-state index contributed by atoms with van der Waals surface area (Å²) >= 11 is 0. The SMILES string of the molecule is CNS(=O)(=O)N(C)Cc1ccc(N)cc1. The standard InChI is InChI=1S/C9H15N3O2S/c1-11-15(13,14)12(2)7-8-3-5-9(10)6-4-8/h3-6,11H,7,10H2,1-2H3. The van der Waals surface area contributed by atoms with Crippen LogP contribution in [0.5, 0.6) is 0 Å². The second-order valence-corrected chi connectivity index (χ2v) is 5.19. The predicted octanol–water partition coefficient (Wildman–Crippen LogP) is 0.165. The summed E-state index contributed by atoms with van der Waals surface area (Å²) < 4.78 is 26.2. The molecule has 1 aromatic carbocycles. The lowest BCUT2D eigenvalue weighted by Gasteiger charge is -2.15. The van der Waals surface area contributed by atoms with Crippen molar-refractivity contribution in [1.29, 1.82) is 0 Å². The van der Waals surface area contributed by atoms with Gasteiger partial charge in [0.05, 0.1) is 0 Å². The number of nitrogens with zero attached hydrogens (tertiary/aromatic N) is 1. The monoisotopic (exact) mass is 229 g/mol. The van der Waals surface area contributed by atoms with Crippen molar-refractivity contribution in [2.45, 2.75) is 6.54 Å². The van der Waals surface area contributed by atoms with Gasteiger partial charge in [0.1, 0.15) is 0 Å². The van der Waals surface area contributed by atoms with Gasteiger partial charge in [0.15, 0.2) is 0 Å². The number of hydrogen-bond donors (Lipinski definition) is 2. The molecule has 0 amide bonds. The molecule has 0 saturated heterocycles. The average molecular weight is 229 g/mol. The van der Waals surface area contributed by atoms with E-state index >= 15 is 0 Å². The molecule has 0 atom stereocenters. The average Bonchev–Trinajstić information content (AvgIpc) is 2.21. The van der Waals surface area contributed by atoms with E-state index in [0.29, 0.717) is 12.2 Å². The minimum absolute atomic E-state index is 0.323. The summed E-state index contributed by atoms with van der Waals surface area (Å²) in [6.45, 7) is 0.323. The van der Waals surface area contributed by atoms with E-state index in [1.165, 1.54) is 18.4 Å². The molecule has 1 aromatic rings. The van der Waals surface area contributed by atoms with Crippen LogP contribution < -0.4 is 10.5 Å². The van der Waals surface area contributed by atoms with Gasteiger partial charge >= 0.3 is 0 Å². The topological polar surface area (TPSA) is 75.4 Å². The van der Waals surface area contributed by atoms with Crippen LogP contribution >= 0.6 is 0 Å². The fourth-order valence-corrected chi connectivity index (χ4v) is 1.75. The van der Waals surface area contributed by atoms with Crippen LogP contribution in [0.25, 0.3) is 0 Å². The lowest BCUT2D eigenvalue weighted by Crippen LogP contribution is -2.35. The second-order valence-electron chi connectivity index (χ2n) is 3.21. The van der Waals surface area contributed by atoms with Crippen molar-refractivity contribution in [1.82, 2.24) is 9.03 Å². The van der Waals surface area contributed by atoms with Gasteiger partial charge in [-0.25, -0.2) is 4.72 Å². The van der Waals surface area contributed by atoms with Gasteiger partial charge in [-0.05, 0) is 17.7 Å². The molecule has 0 saturated carbocycles. The number of benzene rings is 1. The molecule has 3 N–H and O–H groups in total. The van der Waals surface area contributed by atoms with Crippen molar-refractivity contribution in [3.8, 4) is 0 Å². The fraction of sp³-hybridized carbons (Fsp3) is 0.333. The van der Waals surface area contributed by atoms with Crippen LogP contribution in [0.2, 0.25) is 0 Å². The van der Waals surface area contributed by atoms with Crippen LogP contribution in [0.1, 0.15) is 5.56 Å². The Bertz CT molecular complexity index is 413. The Labute approximate surface area is 90.1 Å². The number of anilines is 1. The molecule has 0 radical (unpaired) electrons. The molecule has 6 heteroatoms. The molecule has 0 fully saturated rings. The van der Waals surface area contributed by atoms with Crippen molar-refractivity contribution in [3.63, 3.8) is 0 Å². The predicted molar refractivity (Wildman–Crippen MR) is 60.3 cm³/mol. The van der Waals surface area contributed by atoms with Crippen LogP contribution in [0, 0.1) is 0 Å². The number of rotatable bonds is 4. The molecule has 0 aliphatic rings. The molecule has 15 heavy (non-hydrogen) atoms. The largest absolute Gasteiger partial charge is 0.399 e. The molecule has 0 aliphatic carbocycles. The Hall–Kier alpha value is -1.11. The summed E-state index contributed by atoms with van der Waals surface area (Å²) in [7, 11) is -0.455. The van der Waals surface area contributed by atoms with Crippen molar-refractivity contribution in [2.75, 3.05) is 19.8 Å². The van der Waals surface area contributed by atoms with Crippen LogP contribution in [-0.4, -0.2) is 26.8 Å². The van der Waals surface area contributed by atoms with Gasteiger partial charge in [-0.2, -0.15) is 12.7 Å². The van der Waals surface area contributed by atoms with Gasteiger partial charge in [-0.3, -0.25) is 0 Å². The fourth-order valence-electron chi connectivity index (χ4n) is 1.12.